The molecule has 5 nitrogen and oxygen atoms in total. The van der Waals surface area contributed by atoms with Crippen LogP contribution in [0.3, 0.4) is 0 Å². The molecule has 0 fully saturated rings. The zero-order chi connectivity index (χ0) is 26.2. The van der Waals surface area contributed by atoms with Crippen LogP contribution in [-0.2, 0) is 11.3 Å². The highest BCUT2D eigenvalue weighted by atomic mass is 16.2. The number of benzene rings is 4. The predicted octanol–water partition coefficient (Wildman–Crippen LogP) is 6.39. The number of H-pyrrole nitrogens is 1. The molecular weight excluding hydrogens is 470 g/mol. The van der Waals surface area contributed by atoms with Gasteiger partial charge in [-0.1, -0.05) is 96.6 Å². The van der Waals surface area contributed by atoms with Crippen molar-refractivity contribution in [1.82, 2.24) is 15.2 Å². The van der Waals surface area contributed by atoms with Gasteiger partial charge in [-0.25, -0.2) is 0 Å². The molecule has 0 bridgehead atoms. The molecule has 6 rings (SSSR count). The fraction of sp³-hybridized carbons (Fsp3) is 0.152. The fourth-order valence-corrected chi connectivity index (χ4v) is 5.49. The van der Waals surface area contributed by atoms with Crippen LogP contribution in [0.2, 0.25) is 0 Å². The molecule has 0 radical (unpaired) electrons. The Bertz CT molecular complexity index is 1640. The van der Waals surface area contributed by atoms with E-state index in [2.05, 4.69) is 53.6 Å². The number of nitrogens with one attached hydrogen (secondary N) is 2. The molecule has 1 aliphatic rings. The summed E-state index contributed by atoms with van der Waals surface area (Å²) >= 11 is 0. The second kappa shape index (κ2) is 9.67. The molecule has 188 valence electrons. The first-order valence-electron chi connectivity index (χ1n) is 12.9. The van der Waals surface area contributed by atoms with Gasteiger partial charge in [0.05, 0.1) is 11.7 Å². The van der Waals surface area contributed by atoms with Crippen LogP contribution < -0.4 is 5.32 Å². The van der Waals surface area contributed by atoms with Gasteiger partial charge in [-0.3, -0.25) is 9.59 Å². The summed E-state index contributed by atoms with van der Waals surface area (Å²) in [6.07, 6.45) is 0. The lowest BCUT2D eigenvalue weighted by Crippen LogP contribution is -2.46. The highest BCUT2D eigenvalue weighted by Gasteiger charge is 2.44. The average molecular weight is 500 g/mol. The summed E-state index contributed by atoms with van der Waals surface area (Å²) in [6.45, 7) is 4.29. The number of carbonyl (C=O) groups excluding carboxylic acids is 2. The van der Waals surface area contributed by atoms with Gasteiger partial charge in [0, 0.05) is 28.6 Å². The van der Waals surface area contributed by atoms with Gasteiger partial charge in [0.25, 0.3) is 5.91 Å². The number of fused-ring (bicyclic) bond motifs is 2. The second-order valence-corrected chi connectivity index (χ2v) is 9.91. The monoisotopic (exact) mass is 499 g/mol. The first-order valence-corrected chi connectivity index (χ1v) is 12.9. The van der Waals surface area contributed by atoms with Gasteiger partial charge in [0.15, 0.2) is 0 Å². The van der Waals surface area contributed by atoms with Crippen molar-refractivity contribution in [3.05, 3.63) is 131 Å². The summed E-state index contributed by atoms with van der Waals surface area (Å²) in [5.41, 5.74) is 7.75. The minimum Gasteiger partial charge on any atom is -0.354 e. The standard InChI is InChI=1S/C33H29N3O2/c1-21-16-18-24(19-17-21)30-29(27-14-8-9-15-28(27)35-30)31-25-12-6-7-13-26(25)33(38)36(31)22(2)32(37)34-20-23-10-4-3-5-11-23/h3-19,22,31,35H,20H2,1-2H3,(H,34,37)/t22-,31+/m0/s1. The summed E-state index contributed by atoms with van der Waals surface area (Å²) in [6, 6.07) is 33.0. The van der Waals surface area contributed by atoms with Crippen LogP contribution in [0.25, 0.3) is 22.2 Å². The minimum atomic E-state index is -0.678. The molecule has 0 saturated heterocycles. The molecule has 4 aromatic carbocycles. The largest absolute Gasteiger partial charge is 0.354 e. The van der Waals surface area contributed by atoms with Gasteiger partial charge in [0.1, 0.15) is 6.04 Å². The summed E-state index contributed by atoms with van der Waals surface area (Å²) < 4.78 is 0. The van der Waals surface area contributed by atoms with Crippen LogP contribution in [0.15, 0.2) is 103 Å². The Morgan fingerprint density at radius 2 is 1.58 bits per heavy atom. The van der Waals surface area contributed by atoms with E-state index in [0.29, 0.717) is 12.1 Å². The van der Waals surface area contributed by atoms with Crippen molar-refractivity contribution in [2.45, 2.75) is 32.5 Å². The van der Waals surface area contributed by atoms with Gasteiger partial charge in [-0.05, 0) is 42.7 Å². The smallest absolute Gasteiger partial charge is 0.255 e. The van der Waals surface area contributed by atoms with E-state index < -0.39 is 12.1 Å². The van der Waals surface area contributed by atoms with E-state index in [1.807, 2.05) is 73.7 Å². The number of aromatic nitrogens is 1. The van der Waals surface area contributed by atoms with Crippen molar-refractivity contribution in [3.63, 3.8) is 0 Å². The van der Waals surface area contributed by atoms with Crippen LogP contribution in [0, 0.1) is 6.92 Å². The normalized spacial score (nSPS) is 15.5. The molecule has 1 aliphatic heterocycles. The Labute approximate surface area is 222 Å². The number of para-hydroxylation sites is 1. The first-order chi connectivity index (χ1) is 18.5. The summed E-state index contributed by atoms with van der Waals surface area (Å²) in [5.74, 6) is -0.315. The maximum absolute atomic E-state index is 13.9. The van der Waals surface area contributed by atoms with Crippen molar-refractivity contribution in [3.8, 4) is 11.3 Å². The van der Waals surface area contributed by atoms with Crippen molar-refractivity contribution < 1.29 is 9.59 Å². The van der Waals surface area contributed by atoms with Crippen LogP contribution in [0.5, 0.6) is 0 Å². The molecule has 5 aromatic rings. The Morgan fingerprint density at radius 3 is 2.37 bits per heavy atom. The molecule has 38 heavy (non-hydrogen) atoms. The number of aromatic amines is 1. The molecular formula is C33H29N3O2. The van der Waals surface area contributed by atoms with Crippen molar-refractivity contribution >= 4 is 22.7 Å². The average Bonchev–Trinajstić information content (AvgIpc) is 3.47. The maximum Gasteiger partial charge on any atom is 0.255 e. The van der Waals surface area contributed by atoms with E-state index in [0.717, 1.165) is 38.9 Å². The maximum atomic E-state index is 13.9. The van der Waals surface area contributed by atoms with Gasteiger partial charge in [0.2, 0.25) is 5.91 Å². The van der Waals surface area contributed by atoms with Crippen molar-refractivity contribution in [2.24, 2.45) is 0 Å². The van der Waals surface area contributed by atoms with Crippen molar-refractivity contribution in [2.75, 3.05) is 0 Å². The molecule has 2 heterocycles. The lowest BCUT2D eigenvalue weighted by atomic mass is 9.92. The predicted molar refractivity (Wildman–Crippen MR) is 151 cm³/mol. The number of hydrogen-bond acceptors (Lipinski definition) is 2. The number of carbonyl (C=O) groups is 2. The third-order valence-corrected chi connectivity index (χ3v) is 7.46. The third-order valence-electron chi connectivity index (χ3n) is 7.46. The second-order valence-electron chi connectivity index (χ2n) is 9.91. The molecule has 5 heteroatoms. The Kier molecular flexibility index (Phi) is 6.04. The Hall–Kier alpha value is -4.64. The van der Waals surface area contributed by atoms with Gasteiger partial charge in [-0.15, -0.1) is 0 Å². The van der Waals surface area contributed by atoms with Crippen LogP contribution in [0.4, 0.5) is 0 Å². The Balaban J connectivity index is 1.47. The van der Waals surface area contributed by atoms with E-state index in [4.69, 9.17) is 0 Å². The van der Waals surface area contributed by atoms with E-state index in [1.54, 1.807) is 4.90 Å². The molecule has 2 atom stereocenters. The number of nitrogens with zero attached hydrogens (tertiary/aromatic N) is 1. The zero-order valence-corrected chi connectivity index (χ0v) is 21.4. The van der Waals surface area contributed by atoms with Gasteiger partial charge in [-0.2, -0.15) is 0 Å². The summed E-state index contributed by atoms with van der Waals surface area (Å²) in [7, 11) is 0. The first kappa shape index (κ1) is 23.7. The molecule has 0 spiro atoms. The van der Waals surface area contributed by atoms with Crippen LogP contribution in [-0.4, -0.2) is 27.7 Å². The highest BCUT2D eigenvalue weighted by molar-refractivity contribution is 6.04. The molecule has 2 amide bonds. The molecule has 0 saturated carbocycles. The topological polar surface area (TPSA) is 65.2 Å². The molecule has 1 aromatic heterocycles. The fourth-order valence-electron chi connectivity index (χ4n) is 5.49. The minimum absolute atomic E-state index is 0.131. The molecule has 0 aliphatic carbocycles. The number of rotatable bonds is 6. The van der Waals surface area contributed by atoms with E-state index in [1.165, 1.54) is 5.56 Å². The van der Waals surface area contributed by atoms with Crippen LogP contribution in [0.1, 0.15) is 45.6 Å². The van der Waals surface area contributed by atoms with E-state index in [-0.39, 0.29) is 11.8 Å². The molecule has 0 unspecified atom stereocenters. The van der Waals surface area contributed by atoms with E-state index in [9.17, 15) is 9.59 Å². The lowest BCUT2D eigenvalue weighted by Gasteiger charge is -2.31. The zero-order valence-electron chi connectivity index (χ0n) is 21.4. The molecule has 2 N–H and O–H groups in total. The van der Waals surface area contributed by atoms with Crippen molar-refractivity contribution in [1.29, 1.82) is 0 Å². The van der Waals surface area contributed by atoms with E-state index >= 15 is 0 Å². The van der Waals surface area contributed by atoms with Crippen LogP contribution >= 0.6 is 0 Å². The number of amides is 2. The summed E-state index contributed by atoms with van der Waals surface area (Å²) in [4.78, 5) is 32.7. The Morgan fingerprint density at radius 1 is 0.895 bits per heavy atom. The number of hydrogen-bond donors (Lipinski definition) is 2. The van der Waals surface area contributed by atoms with Gasteiger partial charge < -0.3 is 15.2 Å². The quantitative estimate of drug-likeness (QED) is 0.284. The SMILES string of the molecule is Cc1ccc(-c2[nH]c3ccccc3c2[C@H]2c3ccccc3C(=O)N2[C@@H](C)C(=O)NCc2ccccc2)cc1. The highest BCUT2D eigenvalue weighted by Crippen LogP contribution is 2.46. The van der Waals surface area contributed by atoms with Gasteiger partial charge >= 0.3 is 0 Å². The third kappa shape index (κ3) is 4.06. The lowest BCUT2D eigenvalue weighted by molar-refractivity contribution is -0.125. The summed E-state index contributed by atoms with van der Waals surface area (Å²) in [5, 5.41) is 4.08. The number of aryl methyl sites for hydroxylation is 1.